The van der Waals surface area contributed by atoms with Gasteiger partial charge in [0.1, 0.15) is 5.56 Å². The summed E-state index contributed by atoms with van der Waals surface area (Å²) < 4.78 is 81.6. The van der Waals surface area contributed by atoms with Gasteiger partial charge in [0, 0.05) is 18.1 Å². The number of nitrogens with one attached hydrogen (secondary N) is 1. The van der Waals surface area contributed by atoms with Crippen LogP contribution in [0, 0.1) is 47.0 Å². The molecule has 66 heavy (non-hydrogen) atoms. The molecule has 0 amide bonds. The zero-order chi connectivity index (χ0) is 49.8. The highest BCUT2D eigenvalue weighted by atomic mass is 19.4. The normalized spacial score (nSPS) is 15.7. The van der Waals surface area contributed by atoms with Gasteiger partial charge >= 0.3 is 6.18 Å². The van der Waals surface area contributed by atoms with E-state index in [0.29, 0.717) is 30.5 Å². The third-order valence-corrected chi connectivity index (χ3v) is 16.2. The topological polar surface area (TPSA) is 4.44 Å². The largest absolute Gasteiger partial charge is 0.422 e. The van der Waals surface area contributed by atoms with Crippen LogP contribution in [0.5, 0.6) is 0 Å². The summed E-state index contributed by atoms with van der Waals surface area (Å²) in [7, 11) is 0. The predicted molar refractivity (Wildman–Crippen MR) is 280 cm³/mol. The van der Waals surface area contributed by atoms with E-state index in [1.807, 2.05) is 13.8 Å². The molecule has 0 saturated heterocycles. The van der Waals surface area contributed by atoms with E-state index >= 15 is 0 Å². The fourth-order valence-corrected chi connectivity index (χ4v) is 11.2. The van der Waals surface area contributed by atoms with Crippen LogP contribution in [-0.2, 0) is 6.18 Å². The molecule has 1 nitrogen and oxygen atoms in total. The number of quaternary nitrogens is 1. The van der Waals surface area contributed by atoms with Gasteiger partial charge in [0.15, 0.2) is 23.1 Å². The van der Waals surface area contributed by atoms with Crippen molar-refractivity contribution in [2.24, 2.45) is 29.6 Å². The van der Waals surface area contributed by atoms with E-state index in [1.165, 1.54) is 135 Å². The summed E-state index contributed by atoms with van der Waals surface area (Å²) in [5.74, 6) is -1.48. The first-order chi connectivity index (χ1) is 31.6. The Morgan fingerprint density at radius 2 is 0.818 bits per heavy atom. The molecule has 0 fully saturated rings. The first-order valence-corrected chi connectivity index (χ1v) is 28.9. The van der Waals surface area contributed by atoms with Gasteiger partial charge in [-0.1, -0.05) is 243 Å². The van der Waals surface area contributed by atoms with E-state index in [-0.39, 0.29) is 12.1 Å². The molecular formula is C58H110BF6N. The quantitative estimate of drug-likeness (QED) is 0.0289. The van der Waals surface area contributed by atoms with Crippen molar-refractivity contribution in [2.45, 2.75) is 294 Å². The number of hydrogen-bond acceptors (Lipinski definition) is 0. The van der Waals surface area contributed by atoms with Gasteiger partial charge in [-0.3, -0.25) is 4.90 Å². The molecule has 0 radical (unpaired) electrons. The van der Waals surface area contributed by atoms with Crippen molar-refractivity contribution in [3.05, 3.63) is 29.1 Å². The molecule has 1 rings (SSSR count). The van der Waals surface area contributed by atoms with Crippen molar-refractivity contribution < 1.29 is 31.2 Å². The van der Waals surface area contributed by atoms with E-state index in [0.717, 1.165) is 68.6 Å². The Morgan fingerprint density at radius 1 is 0.455 bits per heavy atom. The molecule has 1 aromatic rings. The lowest BCUT2D eigenvalue weighted by Crippen LogP contribution is -3.08. The van der Waals surface area contributed by atoms with Crippen LogP contribution < -0.4 is 4.90 Å². The molecule has 0 spiro atoms. The smallest absolute Gasteiger partial charge is 0.300 e. The van der Waals surface area contributed by atoms with Gasteiger partial charge in [-0.2, -0.15) is 42.8 Å². The number of unbranched alkanes of at least 4 members (excludes halogenated alkanes) is 10. The Kier molecular flexibility index (Phi) is 38.8. The lowest BCUT2D eigenvalue weighted by Gasteiger charge is -2.44. The molecule has 0 heterocycles. The Morgan fingerprint density at radius 3 is 1.15 bits per heavy atom. The van der Waals surface area contributed by atoms with E-state index in [2.05, 4.69) is 62.3 Å². The van der Waals surface area contributed by atoms with Crippen LogP contribution in [0.25, 0.3) is 0 Å². The molecule has 1 N–H and O–H groups in total. The molecule has 1 aromatic carbocycles. The molecule has 0 aliphatic rings. The Labute approximate surface area is 407 Å². The van der Waals surface area contributed by atoms with Gasteiger partial charge in [-0.05, 0) is 42.9 Å². The summed E-state index contributed by atoms with van der Waals surface area (Å²) in [6, 6.07) is 0.592. The number of hydrogen-bond donors (Lipinski definition) is 1. The van der Waals surface area contributed by atoms with Crippen molar-refractivity contribution in [3.63, 3.8) is 0 Å². The third-order valence-electron chi connectivity index (χ3n) is 16.2. The molecule has 8 heteroatoms. The average molecular weight is 946 g/mol. The molecule has 0 saturated carbocycles. The van der Waals surface area contributed by atoms with Crippen LogP contribution >= 0.6 is 0 Å². The summed E-state index contributed by atoms with van der Waals surface area (Å²) in [6.45, 7) is 26.2. The molecule has 6 unspecified atom stereocenters. The number of halogens is 6. The van der Waals surface area contributed by atoms with Crippen LogP contribution in [0.1, 0.15) is 268 Å². The molecule has 0 aromatic heterocycles. The highest BCUT2D eigenvalue weighted by molar-refractivity contribution is 6.79. The van der Waals surface area contributed by atoms with Gasteiger partial charge in [0.2, 0.25) is 0 Å². The third kappa shape index (κ3) is 27.9. The monoisotopic (exact) mass is 946 g/mol. The Bertz CT molecular complexity index is 1190. The zero-order valence-corrected chi connectivity index (χ0v) is 45.6. The minimum absolute atomic E-state index is 0.126. The summed E-state index contributed by atoms with van der Waals surface area (Å²) >= 11 is 0. The molecular weight excluding hydrogens is 835 g/mol. The maximum Gasteiger partial charge on any atom is 0.422 e. The van der Waals surface area contributed by atoms with Crippen molar-refractivity contribution in [1.82, 2.24) is 0 Å². The first-order valence-electron chi connectivity index (χ1n) is 28.9. The van der Waals surface area contributed by atoms with Crippen LogP contribution in [0.2, 0.25) is 25.3 Å². The van der Waals surface area contributed by atoms with Crippen LogP contribution in [0.15, 0.2) is 6.07 Å². The van der Waals surface area contributed by atoms with Gasteiger partial charge in [-0.15, -0.1) is 0 Å². The predicted octanol–water partition coefficient (Wildman–Crippen LogP) is 20.7. The van der Waals surface area contributed by atoms with Gasteiger partial charge < -0.3 is 0 Å². The van der Waals surface area contributed by atoms with Crippen molar-refractivity contribution in [3.8, 4) is 0 Å². The average Bonchev–Trinajstić information content (AvgIpc) is 3.29. The summed E-state index contributed by atoms with van der Waals surface area (Å²) in [5, 5.41) is 0. The van der Waals surface area contributed by atoms with E-state index in [4.69, 9.17) is 0 Å². The highest BCUT2D eigenvalue weighted by Gasteiger charge is 2.42. The fraction of sp³-hybridized carbons (Fsp3) is 0.897. The second kappa shape index (κ2) is 39.5. The van der Waals surface area contributed by atoms with Crippen molar-refractivity contribution in [2.75, 3.05) is 13.1 Å². The molecule has 0 aliphatic heterocycles. The van der Waals surface area contributed by atoms with Gasteiger partial charge in [-0.25, -0.2) is 8.78 Å². The lowest BCUT2D eigenvalue weighted by molar-refractivity contribution is -0.838. The standard InChI is InChI=1S/C36H76B.C22H33F6N/c1-9-17-21-33(13-5)25-29-37(30-26-34(14-6)22-18-10-2,31-27-35(15-7)23-19-11-3)32-28-36(16-8)24-20-12-4;1-4-6-7-8-9-10-11-13-29(15-16(3)12-5-2)18-14-17(23)20(24)19(21(18)25)22(26,27)28/h33-36H,9-32H2,1-8H3;14,16H,4-13,15H2,1-3H3/q-1;/p+1. The van der Waals surface area contributed by atoms with Gasteiger partial charge in [0.25, 0.3) is 0 Å². The van der Waals surface area contributed by atoms with Crippen molar-refractivity contribution in [1.29, 1.82) is 0 Å². The Hall–Kier alpha value is -1.18. The summed E-state index contributed by atoms with van der Waals surface area (Å²) in [6.07, 6.45) is 38.6. The SMILES string of the molecule is CCCCC(CC)CC[B-](CCC(CC)CCCC)(CCC(CC)CCCC)CCC(CC)CCCC.CCCCCCCCC[NH+](CC(C)CCC)c1cc(F)c(F)c(C(F)(F)F)c1F. The molecule has 0 bridgehead atoms. The van der Waals surface area contributed by atoms with Crippen LogP contribution in [-0.4, -0.2) is 19.2 Å². The maximum atomic E-state index is 14.7. The molecule has 392 valence electrons. The second-order valence-corrected chi connectivity index (χ2v) is 21.7. The Balaban J connectivity index is 0.00000132. The second-order valence-electron chi connectivity index (χ2n) is 21.7. The number of benzene rings is 1. The maximum absolute atomic E-state index is 14.7. The minimum atomic E-state index is -5.29. The molecule has 0 aliphatic carbocycles. The zero-order valence-electron chi connectivity index (χ0n) is 45.6. The van der Waals surface area contributed by atoms with Crippen LogP contribution in [0.4, 0.5) is 32.0 Å². The lowest BCUT2D eigenvalue weighted by atomic mass is 9.16. The highest BCUT2D eigenvalue weighted by Crippen LogP contribution is 2.41. The van der Waals surface area contributed by atoms with E-state index in [9.17, 15) is 26.3 Å². The number of alkyl halides is 3. The molecule has 6 atom stereocenters. The number of rotatable bonds is 41. The minimum Gasteiger partial charge on any atom is -0.300 e. The summed E-state index contributed by atoms with van der Waals surface area (Å²) in [4.78, 5) is 0.446. The first kappa shape index (κ1) is 64.8. The van der Waals surface area contributed by atoms with Gasteiger partial charge in [0.05, 0.1) is 13.1 Å². The van der Waals surface area contributed by atoms with E-state index < -0.39 is 34.9 Å². The van der Waals surface area contributed by atoms with Crippen molar-refractivity contribution >= 4 is 11.8 Å². The fourth-order valence-electron chi connectivity index (χ4n) is 11.2. The summed E-state index contributed by atoms with van der Waals surface area (Å²) in [5.41, 5.74) is -2.56. The van der Waals surface area contributed by atoms with E-state index in [1.54, 1.807) is 25.3 Å². The van der Waals surface area contributed by atoms with Crippen LogP contribution in [0.3, 0.4) is 0 Å².